The zero-order valence-electron chi connectivity index (χ0n) is 10.1. The van der Waals surface area contributed by atoms with Crippen molar-refractivity contribution in [2.75, 3.05) is 17.2 Å². The lowest BCUT2D eigenvalue weighted by atomic mass is 10.1. The van der Waals surface area contributed by atoms with Crippen molar-refractivity contribution in [3.8, 4) is 0 Å². The molecule has 1 saturated heterocycles. The Bertz CT molecular complexity index is 527. The first-order valence-electron chi connectivity index (χ1n) is 5.59. The van der Waals surface area contributed by atoms with E-state index in [-0.39, 0.29) is 16.9 Å². The zero-order chi connectivity index (χ0) is 14.0. The molecule has 0 bridgehead atoms. The normalized spacial score (nSPS) is 19.0. The molecule has 0 N–H and O–H groups in total. The van der Waals surface area contributed by atoms with Gasteiger partial charge in [0.1, 0.15) is 9.21 Å². The number of carbonyl (C=O) groups is 2. The standard InChI is InChI=1S/C11H11Br2N3O2S/c1-6(17)19-5-7-2-9(18)16(4-7)11-10(13)15-8(12)3-14-11/h3,7H,2,4-5H2,1H3. The van der Waals surface area contributed by atoms with Crippen molar-refractivity contribution in [3.05, 3.63) is 15.4 Å². The van der Waals surface area contributed by atoms with E-state index in [1.54, 1.807) is 11.1 Å². The van der Waals surface area contributed by atoms with Gasteiger partial charge in [-0.1, -0.05) is 11.8 Å². The lowest BCUT2D eigenvalue weighted by Crippen LogP contribution is -2.26. The lowest BCUT2D eigenvalue weighted by molar-refractivity contribution is -0.117. The molecule has 1 fully saturated rings. The minimum Gasteiger partial charge on any atom is -0.294 e. The summed E-state index contributed by atoms with van der Waals surface area (Å²) in [5.74, 6) is 1.40. The number of amides is 1. The highest BCUT2D eigenvalue weighted by Gasteiger charge is 2.32. The molecule has 102 valence electrons. The molecule has 1 aromatic heterocycles. The monoisotopic (exact) mass is 407 g/mol. The third-order valence-corrected chi connectivity index (χ3v) is 4.62. The summed E-state index contributed by atoms with van der Waals surface area (Å²) in [6.45, 7) is 2.12. The number of hydrogen-bond donors (Lipinski definition) is 0. The van der Waals surface area contributed by atoms with Crippen LogP contribution in [0.2, 0.25) is 0 Å². The fourth-order valence-corrected chi connectivity index (χ4v) is 3.57. The van der Waals surface area contributed by atoms with Gasteiger partial charge in [-0.2, -0.15) is 0 Å². The Morgan fingerprint density at radius 2 is 2.32 bits per heavy atom. The maximum absolute atomic E-state index is 12.0. The molecule has 1 aliphatic rings. The molecule has 0 saturated carbocycles. The second-order valence-corrected chi connectivity index (χ2v) is 6.94. The molecule has 0 aliphatic carbocycles. The maximum Gasteiger partial charge on any atom is 0.228 e. The number of aromatic nitrogens is 2. The lowest BCUT2D eigenvalue weighted by Gasteiger charge is -2.16. The maximum atomic E-state index is 12.0. The number of anilines is 1. The molecule has 0 radical (unpaired) electrons. The third-order valence-electron chi connectivity index (χ3n) is 2.67. The summed E-state index contributed by atoms with van der Waals surface area (Å²) in [5.41, 5.74) is 0. The average Bonchev–Trinajstić information content (AvgIpc) is 2.68. The molecule has 2 rings (SSSR count). The van der Waals surface area contributed by atoms with Gasteiger partial charge in [-0.25, -0.2) is 9.97 Å². The molecule has 0 aromatic carbocycles. The van der Waals surface area contributed by atoms with Gasteiger partial charge in [0.15, 0.2) is 10.9 Å². The SMILES string of the molecule is CC(=O)SCC1CC(=O)N(c2ncc(Br)nc2Br)C1. The first kappa shape index (κ1) is 14.9. The summed E-state index contributed by atoms with van der Waals surface area (Å²) in [6, 6.07) is 0. The van der Waals surface area contributed by atoms with E-state index in [2.05, 4.69) is 41.8 Å². The summed E-state index contributed by atoms with van der Waals surface area (Å²) >= 11 is 7.80. The fourth-order valence-electron chi connectivity index (χ4n) is 1.85. The number of thioether (sulfide) groups is 1. The van der Waals surface area contributed by atoms with Crippen molar-refractivity contribution in [2.24, 2.45) is 5.92 Å². The molecule has 1 atom stereocenters. The second-order valence-electron chi connectivity index (χ2n) is 4.18. The molecular formula is C11H11Br2N3O2S. The predicted molar refractivity (Wildman–Crippen MR) is 81.0 cm³/mol. The van der Waals surface area contributed by atoms with Crippen LogP contribution in [0.5, 0.6) is 0 Å². The molecule has 5 nitrogen and oxygen atoms in total. The van der Waals surface area contributed by atoms with E-state index < -0.39 is 0 Å². The van der Waals surface area contributed by atoms with E-state index in [0.717, 1.165) is 0 Å². The number of rotatable bonds is 3. The van der Waals surface area contributed by atoms with E-state index >= 15 is 0 Å². The molecular weight excluding hydrogens is 398 g/mol. The Labute approximate surface area is 131 Å². The van der Waals surface area contributed by atoms with E-state index in [9.17, 15) is 9.59 Å². The molecule has 19 heavy (non-hydrogen) atoms. The van der Waals surface area contributed by atoms with Gasteiger partial charge in [0.25, 0.3) is 0 Å². The minimum absolute atomic E-state index is 0.0199. The minimum atomic E-state index is 0.0199. The van der Waals surface area contributed by atoms with Gasteiger partial charge in [-0.05, 0) is 37.8 Å². The van der Waals surface area contributed by atoms with Crippen LogP contribution in [-0.2, 0) is 9.59 Å². The van der Waals surface area contributed by atoms with Gasteiger partial charge in [0.05, 0.1) is 6.20 Å². The molecule has 1 amide bonds. The highest BCUT2D eigenvalue weighted by atomic mass is 79.9. The largest absolute Gasteiger partial charge is 0.294 e. The van der Waals surface area contributed by atoms with Gasteiger partial charge < -0.3 is 0 Å². The first-order valence-corrected chi connectivity index (χ1v) is 8.16. The summed E-state index contributed by atoms with van der Waals surface area (Å²) in [6.07, 6.45) is 2.01. The van der Waals surface area contributed by atoms with Gasteiger partial charge in [-0.15, -0.1) is 0 Å². The van der Waals surface area contributed by atoms with E-state index in [1.165, 1.54) is 18.7 Å². The van der Waals surface area contributed by atoms with E-state index in [0.29, 0.717) is 33.7 Å². The number of carbonyl (C=O) groups excluding carboxylic acids is 2. The second kappa shape index (κ2) is 6.32. The topological polar surface area (TPSA) is 63.2 Å². The van der Waals surface area contributed by atoms with Crippen LogP contribution in [0.25, 0.3) is 0 Å². The van der Waals surface area contributed by atoms with Crippen LogP contribution < -0.4 is 4.90 Å². The van der Waals surface area contributed by atoms with Crippen molar-refractivity contribution in [3.63, 3.8) is 0 Å². The Kier molecular flexibility index (Phi) is 4.97. The van der Waals surface area contributed by atoms with Crippen LogP contribution in [0.1, 0.15) is 13.3 Å². The summed E-state index contributed by atoms with van der Waals surface area (Å²) in [4.78, 5) is 33.0. The van der Waals surface area contributed by atoms with Crippen LogP contribution in [0, 0.1) is 5.92 Å². The molecule has 2 heterocycles. The summed E-state index contributed by atoms with van der Waals surface area (Å²) in [7, 11) is 0. The zero-order valence-corrected chi connectivity index (χ0v) is 14.1. The van der Waals surface area contributed by atoms with Gasteiger partial charge in [0, 0.05) is 25.6 Å². The van der Waals surface area contributed by atoms with E-state index in [4.69, 9.17) is 0 Å². The molecule has 1 aromatic rings. The third kappa shape index (κ3) is 3.76. The molecule has 1 aliphatic heterocycles. The van der Waals surface area contributed by atoms with Crippen LogP contribution in [0.3, 0.4) is 0 Å². The molecule has 0 spiro atoms. The Hall–Kier alpha value is -0.470. The van der Waals surface area contributed by atoms with Gasteiger partial charge in [0.2, 0.25) is 5.91 Å². The van der Waals surface area contributed by atoms with Crippen molar-refractivity contribution in [1.29, 1.82) is 0 Å². The van der Waals surface area contributed by atoms with Crippen LogP contribution in [0.15, 0.2) is 15.4 Å². The van der Waals surface area contributed by atoms with Crippen molar-refractivity contribution < 1.29 is 9.59 Å². The van der Waals surface area contributed by atoms with E-state index in [1.807, 2.05) is 0 Å². The van der Waals surface area contributed by atoms with Crippen LogP contribution >= 0.6 is 43.6 Å². The Morgan fingerprint density at radius 3 is 2.95 bits per heavy atom. The Morgan fingerprint density at radius 1 is 1.58 bits per heavy atom. The molecule has 1 unspecified atom stereocenters. The average molecular weight is 409 g/mol. The molecule has 8 heteroatoms. The van der Waals surface area contributed by atoms with Crippen LogP contribution in [0.4, 0.5) is 5.82 Å². The van der Waals surface area contributed by atoms with Crippen molar-refractivity contribution >= 4 is 60.5 Å². The number of nitrogens with zero attached hydrogens (tertiary/aromatic N) is 3. The number of hydrogen-bond acceptors (Lipinski definition) is 5. The first-order chi connectivity index (χ1) is 8.97. The van der Waals surface area contributed by atoms with Crippen molar-refractivity contribution in [1.82, 2.24) is 9.97 Å². The predicted octanol–water partition coefficient (Wildman–Crippen LogP) is 2.63. The number of halogens is 2. The van der Waals surface area contributed by atoms with Crippen LogP contribution in [-0.4, -0.2) is 33.3 Å². The quantitative estimate of drug-likeness (QED) is 0.769. The fraction of sp³-hybridized carbons (Fsp3) is 0.455. The smallest absolute Gasteiger partial charge is 0.228 e. The van der Waals surface area contributed by atoms with Gasteiger partial charge >= 0.3 is 0 Å². The highest BCUT2D eigenvalue weighted by molar-refractivity contribution is 9.11. The van der Waals surface area contributed by atoms with Crippen molar-refractivity contribution in [2.45, 2.75) is 13.3 Å². The highest BCUT2D eigenvalue weighted by Crippen LogP contribution is 2.30. The summed E-state index contributed by atoms with van der Waals surface area (Å²) in [5, 5.41) is 0.0792. The summed E-state index contributed by atoms with van der Waals surface area (Å²) < 4.78 is 1.15. The Balaban J connectivity index is 2.09. The van der Waals surface area contributed by atoms with Gasteiger partial charge in [-0.3, -0.25) is 14.5 Å².